The maximum Gasteiger partial charge on any atom is 0.392 e. The number of ether oxygens (including phenoxy) is 2. The van der Waals surface area contributed by atoms with Gasteiger partial charge in [-0.1, -0.05) is 0 Å². The third kappa shape index (κ3) is 3.84. The number of nitrogens with zero attached hydrogens (tertiary/aromatic N) is 1. The predicted molar refractivity (Wildman–Crippen MR) is 51.4 cm³/mol. The molecule has 1 aromatic rings. The Morgan fingerprint density at radius 1 is 1.38 bits per heavy atom. The van der Waals surface area contributed by atoms with E-state index in [2.05, 4.69) is 4.98 Å². The van der Waals surface area contributed by atoms with Crippen LogP contribution in [0.2, 0.25) is 0 Å². The maximum atomic E-state index is 11.8. The van der Waals surface area contributed by atoms with Crippen LogP contribution in [0, 0.1) is 0 Å². The molecule has 0 spiro atoms. The van der Waals surface area contributed by atoms with Crippen LogP contribution in [0.3, 0.4) is 0 Å². The number of hydrogen-bond donors (Lipinski definition) is 1. The highest BCUT2D eigenvalue weighted by Gasteiger charge is 2.26. The third-order valence-electron chi connectivity index (χ3n) is 1.69. The molecule has 90 valence electrons. The highest BCUT2D eigenvalue weighted by atomic mass is 19.4. The largest absolute Gasteiger partial charge is 0.479 e. The van der Waals surface area contributed by atoms with Gasteiger partial charge in [-0.25, -0.2) is 0 Å². The fourth-order valence-electron chi connectivity index (χ4n) is 0.949. The molecule has 0 aromatic carbocycles. The second kappa shape index (κ2) is 4.91. The molecule has 0 unspecified atom stereocenters. The van der Waals surface area contributed by atoms with Gasteiger partial charge in [0.2, 0.25) is 11.8 Å². The van der Waals surface area contributed by atoms with Crippen LogP contribution in [0.25, 0.3) is 0 Å². The van der Waals surface area contributed by atoms with Gasteiger partial charge in [-0.05, 0) is 6.07 Å². The van der Waals surface area contributed by atoms with Crippen LogP contribution in [0.5, 0.6) is 11.8 Å². The summed E-state index contributed by atoms with van der Waals surface area (Å²) in [7, 11) is 1.36. The summed E-state index contributed by atoms with van der Waals surface area (Å²) in [5.41, 5.74) is 5.77. The van der Waals surface area contributed by atoms with E-state index in [-0.39, 0.29) is 11.8 Å². The maximum absolute atomic E-state index is 11.8. The van der Waals surface area contributed by atoms with Crippen LogP contribution in [-0.2, 0) is 0 Å². The average molecular weight is 236 g/mol. The summed E-state index contributed by atoms with van der Waals surface area (Å²) in [6.45, 7) is -0.483. The molecule has 2 N–H and O–H groups in total. The molecule has 0 aliphatic heterocycles. The number of hydrogen-bond acceptors (Lipinski definition) is 4. The van der Waals surface area contributed by atoms with Gasteiger partial charge in [0.05, 0.1) is 25.8 Å². The van der Waals surface area contributed by atoms with E-state index in [1.165, 1.54) is 19.2 Å². The highest BCUT2D eigenvalue weighted by Crippen LogP contribution is 2.23. The van der Waals surface area contributed by atoms with E-state index in [0.29, 0.717) is 5.69 Å². The Morgan fingerprint density at radius 2 is 2.06 bits per heavy atom. The molecule has 16 heavy (non-hydrogen) atoms. The molecular formula is C9H11F3N2O2. The van der Waals surface area contributed by atoms with Gasteiger partial charge in [-0.2, -0.15) is 18.2 Å². The molecule has 1 heterocycles. The zero-order valence-corrected chi connectivity index (χ0v) is 8.54. The first kappa shape index (κ1) is 12.4. The van der Waals surface area contributed by atoms with Crippen LogP contribution in [0.15, 0.2) is 12.1 Å². The molecule has 0 atom stereocenters. The Balaban J connectivity index is 2.55. The molecule has 7 heteroatoms. The van der Waals surface area contributed by atoms with Gasteiger partial charge in [0.1, 0.15) is 0 Å². The minimum atomic E-state index is -4.24. The lowest BCUT2D eigenvalue weighted by molar-refractivity contribution is -0.139. The Hall–Kier alpha value is -1.66. The zero-order chi connectivity index (χ0) is 12.2. The Morgan fingerprint density at radius 3 is 2.62 bits per heavy atom. The van der Waals surface area contributed by atoms with E-state index in [1.54, 1.807) is 0 Å². The zero-order valence-electron chi connectivity index (χ0n) is 8.54. The van der Waals surface area contributed by atoms with Gasteiger partial charge in [-0.3, -0.25) is 0 Å². The average Bonchev–Trinajstić information content (AvgIpc) is 2.18. The van der Waals surface area contributed by atoms with E-state index in [1.807, 2.05) is 0 Å². The monoisotopic (exact) mass is 236 g/mol. The van der Waals surface area contributed by atoms with Crippen molar-refractivity contribution < 1.29 is 22.6 Å². The minimum Gasteiger partial charge on any atom is -0.479 e. The van der Waals surface area contributed by atoms with E-state index in [9.17, 15) is 13.2 Å². The number of aromatic nitrogens is 1. The topological polar surface area (TPSA) is 57.4 Å². The van der Waals surface area contributed by atoms with Gasteiger partial charge in [0.15, 0.2) is 0 Å². The van der Waals surface area contributed by atoms with Crippen molar-refractivity contribution in [1.82, 2.24) is 4.98 Å². The van der Waals surface area contributed by atoms with Crippen molar-refractivity contribution in [2.24, 2.45) is 0 Å². The van der Waals surface area contributed by atoms with Crippen molar-refractivity contribution in [2.45, 2.75) is 12.6 Å². The third-order valence-corrected chi connectivity index (χ3v) is 1.69. The number of alkyl halides is 3. The van der Waals surface area contributed by atoms with Crippen molar-refractivity contribution in [2.75, 3.05) is 19.5 Å². The first-order valence-electron chi connectivity index (χ1n) is 4.42. The van der Waals surface area contributed by atoms with Gasteiger partial charge in [0, 0.05) is 6.07 Å². The molecule has 0 aliphatic rings. The van der Waals surface area contributed by atoms with Crippen LogP contribution in [-0.4, -0.2) is 24.9 Å². The summed E-state index contributed by atoms with van der Waals surface area (Å²) in [4.78, 5) is 3.77. The summed E-state index contributed by atoms with van der Waals surface area (Å²) >= 11 is 0. The predicted octanol–water partition coefficient (Wildman–Crippen LogP) is 2.00. The number of rotatable bonds is 4. The molecule has 0 saturated carbocycles. The van der Waals surface area contributed by atoms with Gasteiger partial charge < -0.3 is 15.2 Å². The Labute approximate surface area is 90.2 Å². The van der Waals surface area contributed by atoms with Crippen molar-refractivity contribution >= 4 is 5.69 Å². The van der Waals surface area contributed by atoms with Crippen LogP contribution in [0.4, 0.5) is 18.9 Å². The highest BCUT2D eigenvalue weighted by molar-refractivity contribution is 5.49. The lowest BCUT2D eigenvalue weighted by atomic mass is 10.4. The summed E-state index contributed by atoms with van der Waals surface area (Å²) in [5.74, 6) is 0.180. The fourth-order valence-corrected chi connectivity index (χ4v) is 0.949. The number of nitrogen functional groups attached to an aromatic ring is 1. The van der Waals surface area contributed by atoms with E-state index >= 15 is 0 Å². The summed E-state index contributed by atoms with van der Waals surface area (Å²) in [6, 6.07) is 2.84. The standard InChI is InChI=1S/C9H11F3N2O2/c1-15-8-6(13)2-3-7(14-8)16-5-4-9(10,11)12/h2-3H,4-5,13H2,1H3. The second-order valence-electron chi connectivity index (χ2n) is 2.96. The number of anilines is 1. The SMILES string of the molecule is COc1nc(OCCC(F)(F)F)ccc1N. The van der Waals surface area contributed by atoms with E-state index < -0.39 is 19.2 Å². The summed E-state index contributed by atoms with van der Waals surface area (Å²) in [6.07, 6.45) is -5.26. The Bertz CT molecular complexity index is 355. The second-order valence-corrected chi connectivity index (χ2v) is 2.96. The van der Waals surface area contributed by atoms with Crippen LogP contribution >= 0.6 is 0 Å². The first-order valence-corrected chi connectivity index (χ1v) is 4.42. The number of methoxy groups -OCH3 is 1. The van der Waals surface area contributed by atoms with Crippen molar-refractivity contribution in [3.63, 3.8) is 0 Å². The molecule has 0 aliphatic carbocycles. The van der Waals surface area contributed by atoms with Crippen LogP contribution in [0.1, 0.15) is 6.42 Å². The van der Waals surface area contributed by atoms with E-state index in [0.717, 1.165) is 0 Å². The molecular weight excluding hydrogens is 225 g/mol. The molecule has 0 amide bonds. The molecule has 1 rings (SSSR count). The lowest BCUT2D eigenvalue weighted by Gasteiger charge is -2.09. The Kier molecular flexibility index (Phi) is 3.81. The summed E-state index contributed by atoms with van der Waals surface area (Å²) in [5, 5.41) is 0. The quantitative estimate of drug-likeness (QED) is 0.868. The number of pyridine rings is 1. The summed E-state index contributed by atoms with van der Waals surface area (Å²) < 4.78 is 45.1. The minimum absolute atomic E-state index is 0.0512. The van der Waals surface area contributed by atoms with Gasteiger partial charge >= 0.3 is 6.18 Å². The molecule has 0 radical (unpaired) electrons. The lowest BCUT2D eigenvalue weighted by Crippen LogP contribution is -2.13. The molecule has 4 nitrogen and oxygen atoms in total. The fraction of sp³-hybridized carbons (Fsp3) is 0.444. The normalized spacial score (nSPS) is 11.2. The molecule has 0 fully saturated rings. The first-order chi connectivity index (χ1) is 7.42. The molecule has 1 aromatic heterocycles. The smallest absolute Gasteiger partial charge is 0.392 e. The number of nitrogens with two attached hydrogens (primary N) is 1. The molecule has 0 bridgehead atoms. The number of halogens is 3. The van der Waals surface area contributed by atoms with Crippen molar-refractivity contribution in [3.8, 4) is 11.8 Å². The van der Waals surface area contributed by atoms with Crippen LogP contribution < -0.4 is 15.2 Å². The molecule has 0 saturated heterocycles. The van der Waals surface area contributed by atoms with E-state index in [4.69, 9.17) is 15.2 Å². The van der Waals surface area contributed by atoms with Gasteiger partial charge in [0.25, 0.3) is 0 Å². The van der Waals surface area contributed by atoms with Gasteiger partial charge in [-0.15, -0.1) is 0 Å². The van der Waals surface area contributed by atoms with Crippen molar-refractivity contribution in [1.29, 1.82) is 0 Å². The van der Waals surface area contributed by atoms with Crippen molar-refractivity contribution in [3.05, 3.63) is 12.1 Å².